The average Bonchev–Trinajstić information content (AvgIpc) is 3.13. The first-order chi connectivity index (χ1) is 14.9. The van der Waals surface area contributed by atoms with E-state index in [1.165, 1.54) is 0 Å². The Morgan fingerprint density at radius 2 is 2.10 bits per heavy atom. The molecule has 0 bridgehead atoms. The van der Waals surface area contributed by atoms with E-state index in [0.29, 0.717) is 18.8 Å². The molecule has 0 aliphatic rings. The summed E-state index contributed by atoms with van der Waals surface area (Å²) in [5.41, 5.74) is 10.7. The number of rotatable bonds is 11. The summed E-state index contributed by atoms with van der Waals surface area (Å²) < 4.78 is 2.06. The van der Waals surface area contributed by atoms with Crippen LogP contribution in [0.25, 0.3) is 11.0 Å². The molecule has 8 heteroatoms. The van der Waals surface area contributed by atoms with Crippen molar-refractivity contribution in [3.05, 3.63) is 47.2 Å². The van der Waals surface area contributed by atoms with Crippen molar-refractivity contribution in [3.63, 3.8) is 0 Å². The number of aliphatic hydroxyl groups is 1. The number of carbonyl (C=O) groups is 1. The first-order valence-corrected chi connectivity index (χ1v) is 10.7. The third-order valence-electron chi connectivity index (χ3n) is 5.48. The zero-order valence-corrected chi connectivity index (χ0v) is 18.1. The molecule has 166 valence electrons. The standard InChI is InChI=1S/C23H31N5O3/c1-3-4-5-18(14-29)25-22-21-19(26-23(24)27-22)10-11-28(21)13-17-12-16(7-6-15(17)2)8-9-20(30)31/h6-7,10-12,18,29H,3-5,8-9,13-14H2,1-2H3,(H,30,31)(H3,24,25,26,27)/t18-/m0/s1. The molecule has 31 heavy (non-hydrogen) atoms. The molecule has 3 aromatic rings. The molecule has 2 aromatic heterocycles. The highest BCUT2D eigenvalue weighted by molar-refractivity contribution is 5.87. The summed E-state index contributed by atoms with van der Waals surface area (Å²) in [5.74, 6) is -0.000361. The van der Waals surface area contributed by atoms with Gasteiger partial charge in [0.05, 0.1) is 18.2 Å². The topological polar surface area (TPSA) is 126 Å². The van der Waals surface area contributed by atoms with Crippen molar-refractivity contribution >= 4 is 28.8 Å². The summed E-state index contributed by atoms with van der Waals surface area (Å²) in [5, 5.41) is 22.1. The summed E-state index contributed by atoms with van der Waals surface area (Å²) in [6.45, 7) is 4.77. The fourth-order valence-electron chi connectivity index (χ4n) is 3.70. The van der Waals surface area contributed by atoms with Crippen molar-refractivity contribution in [2.45, 2.75) is 58.5 Å². The molecule has 8 nitrogen and oxygen atoms in total. The average molecular weight is 426 g/mol. The first kappa shape index (κ1) is 22.6. The number of aryl methyl sites for hydroxylation is 2. The Kier molecular flexibility index (Phi) is 7.46. The van der Waals surface area contributed by atoms with Crippen LogP contribution >= 0.6 is 0 Å². The lowest BCUT2D eigenvalue weighted by Gasteiger charge is -2.19. The van der Waals surface area contributed by atoms with Crippen LogP contribution in [0, 0.1) is 6.92 Å². The van der Waals surface area contributed by atoms with Gasteiger partial charge in [-0.25, -0.2) is 4.98 Å². The summed E-state index contributed by atoms with van der Waals surface area (Å²) in [6, 6.07) is 7.86. The molecular weight excluding hydrogens is 394 g/mol. The van der Waals surface area contributed by atoms with Gasteiger partial charge in [-0.2, -0.15) is 4.98 Å². The Bertz CT molecular complexity index is 1050. The summed E-state index contributed by atoms with van der Waals surface area (Å²) >= 11 is 0. The van der Waals surface area contributed by atoms with E-state index in [1.807, 2.05) is 31.3 Å². The second-order valence-corrected chi connectivity index (χ2v) is 7.93. The fourth-order valence-corrected chi connectivity index (χ4v) is 3.70. The van der Waals surface area contributed by atoms with Crippen molar-refractivity contribution in [1.29, 1.82) is 0 Å². The number of aromatic nitrogens is 3. The van der Waals surface area contributed by atoms with E-state index < -0.39 is 5.97 Å². The minimum atomic E-state index is -0.800. The monoisotopic (exact) mass is 425 g/mol. The minimum Gasteiger partial charge on any atom is -0.481 e. The number of hydrogen-bond acceptors (Lipinski definition) is 6. The molecular formula is C23H31N5O3. The third kappa shape index (κ3) is 5.73. The number of nitrogens with two attached hydrogens (primary N) is 1. The molecule has 0 aliphatic heterocycles. The van der Waals surface area contributed by atoms with Gasteiger partial charge >= 0.3 is 5.97 Å². The van der Waals surface area contributed by atoms with Gasteiger partial charge in [0.15, 0.2) is 5.82 Å². The van der Waals surface area contributed by atoms with Crippen molar-refractivity contribution in [1.82, 2.24) is 14.5 Å². The number of nitrogen functional groups attached to an aromatic ring is 1. The van der Waals surface area contributed by atoms with Crippen LogP contribution in [0.4, 0.5) is 11.8 Å². The number of hydrogen-bond donors (Lipinski definition) is 4. The van der Waals surface area contributed by atoms with Gasteiger partial charge < -0.3 is 25.8 Å². The smallest absolute Gasteiger partial charge is 0.303 e. The maximum atomic E-state index is 10.9. The number of nitrogens with one attached hydrogen (secondary N) is 1. The number of carboxylic acids is 1. The molecule has 0 unspecified atom stereocenters. The van der Waals surface area contributed by atoms with Crippen LogP contribution in [0.5, 0.6) is 0 Å². The lowest BCUT2D eigenvalue weighted by atomic mass is 10.0. The van der Waals surface area contributed by atoms with Crippen LogP contribution in [-0.4, -0.2) is 43.4 Å². The highest BCUT2D eigenvalue weighted by Gasteiger charge is 2.16. The molecule has 0 saturated heterocycles. The molecule has 5 N–H and O–H groups in total. The number of aliphatic carboxylic acids is 1. The predicted molar refractivity (Wildman–Crippen MR) is 122 cm³/mol. The Morgan fingerprint density at radius 3 is 2.81 bits per heavy atom. The number of unbranched alkanes of at least 4 members (excludes halogenated alkanes) is 1. The largest absolute Gasteiger partial charge is 0.481 e. The van der Waals surface area contributed by atoms with Crippen LogP contribution in [-0.2, 0) is 17.8 Å². The van der Waals surface area contributed by atoms with Gasteiger partial charge in [-0.15, -0.1) is 0 Å². The summed E-state index contributed by atoms with van der Waals surface area (Å²) in [4.78, 5) is 19.7. The highest BCUT2D eigenvalue weighted by Crippen LogP contribution is 2.26. The molecule has 2 heterocycles. The number of benzene rings is 1. The zero-order chi connectivity index (χ0) is 22.4. The predicted octanol–water partition coefficient (Wildman–Crippen LogP) is 3.35. The summed E-state index contributed by atoms with van der Waals surface area (Å²) in [7, 11) is 0. The van der Waals surface area contributed by atoms with Gasteiger partial charge in [-0.1, -0.05) is 38.0 Å². The normalized spacial score (nSPS) is 12.2. The van der Waals surface area contributed by atoms with Crippen LogP contribution in [0.3, 0.4) is 0 Å². The Morgan fingerprint density at radius 1 is 1.29 bits per heavy atom. The van der Waals surface area contributed by atoms with E-state index in [4.69, 9.17) is 10.8 Å². The summed E-state index contributed by atoms with van der Waals surface area (Å²) in [6.07, 6.45) is 5.45. The first-order valence-electron chi connectivity index (χ1n) is 10.7. The molecule has 1 aromatic carbocycles. The van der Waals surface area contributed by atoms with E-state index in [9.17, 15) is 9.90 Å². The molecule has 3 rings (SSSR count). The molecule has 0 fully saturated rings. The van der Waals surface area contributed by atoms with E-state index in [2.05, 4.69) is 32.8 Å². The van der Waals surface area contributed by atoms with Gasteiger partial charge in [0.25, 0.3) is 0 Å². The Labute approximate surface area is 182 Å². The van der Waals surface area contributed by atoms with Crippen LogP contribution in [0.1, 0.15) is 49.3 Å². The van der Waals surface area contributed by atoms with Crippen molar-refractivity contribution in [2.24, 2.45) is 0 Å². The van der Waals surface area contributed by atoms with Gasteiger partial charge in [0.2, 0.25) is 5.95 Å². The molecule has 0 spiro atoms. The van der Waals surface area contributed by atoms with E-state index in [0.717, 1.165) is 47.0 Å². The second kappa shape index (κ2) is 10.3. The van der Waals surface area contributed by atoms with Gasteiger partial charge in [-0.05, 0) is 42.5 Å². The Balaban J connectivity index is 1.93. The SMILES string of the molecule is CCCC[C@@H](CO)Nc1nc(N)nc2ccn(Cc3cc(CCC(=O)O)ccc3C)c12. The quantitative estimate of drug-likeness (QED) is 0.371. The Hall–Kier alpha value is -3.13. The minimum absolute atomic E-state index is 0.0108. The van der Waals surface area contributed by atoms with Crippen LogP contribution < -0.4 is 11.1 Å². The molecule has 0 amide bonds. The van der Waals surface area contributed by atoms with E-state index in [1.54, 1.807) is 0 Å². The van der Waals surface area contributed by atoms with Crippen LogP contribution in [0.2, 0.25) is 0 Å². The number of nitrogens with zero attached hydrogens (tertiary/aromatic N) is 3. The maximum absolute atomic E-state index is 10.9. The van der Waals surface area contributed by atoms with Crippen molar-refractivity contribution < 1.29 is 15.0 Å². The molecule has 0 radical (unpaired) electrons. The molecule has 0 aliphatic carbocycles. The van der Waals surface area contributed by atoms with E-state index >= 15 is 0 Å². The van der Waals surface area contributed by atoms with Crippen molar-refractivity contribution in [3.8, 4) is 0 Å². The van der Waals surface area contributed by atoms with Crippen LogP contribution in [0.15, 0.2) is 30.5 Å². The zero-order valence-electron chi connectivity index (χ0n) is 18.1. The lowest BCUT2D eigenvalue weighted by Crippen LogP contribution is -2.25. The van der Waals surface area contributed by atoms with Gasteiger partial charge in [0.1, 0.15) is 5.52 Å². The van der Waals surface area contributed by atoms with Gasteiger partial charge in [0, 0.05) is 19.2 Å². The lowest BCUT2D eigenvalue weighted by molar-refractivity contribution is -0.136. The number of fused-ring (bicyclic) bond motifs is 1. The highest BCUT2D eigenvalue weighted by atomic mass is 16.4. The number of carboxylic acid groups (broad SMARTS) is 1. The number of aliphatic hydroxyl groups excluding tert-OH is 1. The maximum Gasteiger partial charge on any atom is 0.303 e. The van der Waals surface area contributed by atoms with Gasteiger partial charge in [-0.3, -0.25) is 4.79 Å². The van der Waals surface area contributed by atoms with Crippen molar-refractivity contribution in [2.75, 3.05) is 17.7 Å². The fraction of sp³-hybridized carbons (Fsp3) is 0.435. The number of anilines is 2. The molecule has 0 saturated carbocycles. The third-order valence-corrected chi connectivity index (χ3v) is 5.48. The second-order valence-electron chi connectivity index (χ2n) is 7.93. The van der Waals surface area contributed by atoms with E-state index in [-0.39, 0.29) is 25.0 Å². The molecule has 1 atom stereocenters.